The Morgan fingerprint density at radius 1 is 0.866 bits per heavy atom. The minimum Gasteiger partial charge on any atom is -0.392 e. The van der Waals surface area contributed by atoms with Crippen molar-refractivity contribution in [2.45, 2.75) is 206 Å². The second-order valence-corrected chi connectivity index (χ2v) is 25.3. The first-order chi connectivity index (χ1) is 32.0. The van der Waals surface area contributed by atoms with Gasteiger partial charge >= 0.3 is 0 Å². The standard InChI is InChI=1S/C59H82N2O6/c1-35(27-45(62)54-55(2,3)67-54)49-46(63)32-58(6)50(49)43(52(65)53-56(4)22-18-48(64)59(7,42-15-11-12-16-42)47(56)17-23-57(53,58)5)34-61-33-41(51-44(61)19-24-60-51)30-36-28-39(37-13-9-8-10-14-37)31-40(29-36)38-20-25-66-26-21-38/h19,24,28-29,31,33,35,37-38,42-43,45,47,52-54,60,62,65H,8-18,20-23,25-27,30,32,34H2,1-7H3. The Hall–Kier alpha value is -3.04. The van der Waals surface area contributed by atoms with Crippen LogP contribution in [-0.4, -0.2) is 68.5 Å². The number of Topliss-reactive ketones (excluding diaryl/α,β-unsaturated/α-hetero) is 2. The van der Waals surface area contributed by atoms with Crippen LogP contribution in [0, 0.1) is 51.2 Å². The Kier molecular flexibility index (Phi) is 11.6. The van der Waals surface area contributed by atoms with Gasteiger partial charge in [-0.05, 0) is 164 Å². The SMILES string of the molecule is CC(CC(O)C1OC1(C)C)C1=C2C(Cn3cc(Cc4cc(C5CCCCC5)cc(C5CCOCC5)c4)c4[nH]ccc43)C(O)C3C4(C)CCC(=O)C(C)(C5CCCC5)C4CCC3(C)C2(C)CC1=O. The molecular formula is C59H82N2O6. The van der Waals surface area contributed by atoms with E-state index in [2.05, 4.69) is 80.8 Å². The van der Waals surface area contributed by atoms with Crippen molar-refractivity contribution >= 4 is 22.6 Å². The summed E-state index contributed by atoms with van der Waals surface area (Å²) in [5.41, 5.74) is 8.07. The molecule has 8 heteroatoms. The van der Waals surface area contributed by atoms with Crippen LogP contribution in [0.25, 0.3) is 11.0 Å². The van der Waals surface area contributed by atoms with E-state index in [0.717, 1.165) is 86.8 Å². The van der Waals surface area contributed by atoms with Crippen LogP contribution in [-0.2, 0) is 32.0 Å². The summed E-state index contributed by atoms with van der Waals surface area (Å²) >= 11 is 0. The number of ketones is 2. The number of aromatic nitrogens is 2. The number of aromatic amines is 1. The van der Waals surface area contributed by atoms with Crippen LogP contribution in [0.4, 0.5) is 0 Å². The zero-order valence-electron chi connectivity index (χ0n) is 42.1. The minimum absolute atomic E-state index is 0.0806. The summed E-state index contributed by atoms with van der Waals surface area (Å²) in [6.07, 6.45) is 21.1. The summed E-state index contributed by atoms with van der Waals surface area (Å²) in [5, 5.41) is 25.3. The minimum atomic E-state index is -0.709. The van der Waals surface area contributed by atoms with Crippen molar-refractivity contribution in [1.29, 1.82) is 0 Å². The summed E-state index contributed by atoms with van der Waals surface area (Å²) in [7, 11) is 0. The molecule has 1 aromatic carbocycles. The van der Waals surface area contributed by atoms with Crippen molar-refractivity contribution in [3.63, 3.8) is 0 Å². The van der Waals surface area contributed by atoms with E-state index in [1.807, 2.05) is 13.8 Å². The van der Waals surface area contributed by atoms with E-state index in [9.17, 15) is 15.0 Å². The lowest BCUT2D eigenvalue weighted by molar-refractivity contribution is -0.226. The van der Waals surface area contributed by atoms with Crippen LogP contribution in [0.5, 0.6) is 0 Å². The van der Waals surface area contributed by atoms with Crippen LogP contribution in [0.2, 0.25) is 0 Å². The Balaban J connectivity index is 1.00. The highest BCUT2D eigenvalue weighted by Gasteiger charge is 2.73. The molecule has 4 heterocycles. The Morgan fingerprint density at radius 2 is 1.54 bits per heavy atom. The number of carbonyl (C=O) groups excluding carboxylic acids is 2. The Bertz CT molecular complexity index is 2390. The van der Waals surface area contributed by atoms with Crippen LogP contribution in [0.15, 0.2) is 47.8 Å². The van der Waals surface area contributed by atoms with Crippen molar-refractivity contribution in [2.75, 3.05) is 13.2 Å². The molecule has 8 nitrogen and oxygen atoms in total. The van der Waals surface area contributed by atoms with Crippen molar-refractivity contribution in [1.82, 2.24) is 9.55 Å². The number of H-pyrrole nitrogens is 1. The largest absolute Gasteiger partial charge is 0.392 e. The molecule has 3 aromatic rings. The van der Waals surface area contributed by atoms with Crippen LogP contribution >= 0.6 is 0 Å². The molecule has 11 unspecified atom stereocenters. The molecular weight excluding hydrogens is 833 g/mol. The number of hydrogen-bond donors (Lipinski definition) is 3. The van der Waals surface area contributed by atoms with Gasteiger partial charge < -0.3 is 29.2 Å². The number of aliphatic hydroxyl groups excluding tert-OH is 2. The highest BCUT2D eigenvalue weighted by atomic mass is 16.6. The molecule has 11 rings (SSSR count). The van der Waals surface area contributed by atoms with E-state index >= 15 is 4.79 Å². The zero-order valence-corrected chi connectivity index (χ0v) is 42.1. The van der Waals surface area contributed by atoms with Gasteiger partial charge in [0.1, 0.15) is 11.9 Å². The molecule has 2 aromatic heterocycles. The first-order valence-electron chi connectivity index (χ1n) is 27.2. The number of carbonyl (C=O) groups is 2. The van der Waals surface area contributed by atoms with Crippen LogP contribution in [0.3, 0.4) is 0 Å². The van der Waals surface area contributed by atoms with E-state index in [-0.39, 0.29) is 57.4 Å². The van der Waals surface area contributed by atoms with E-state index in [1.54, 1.807) is 0 Å². The second kappa shape index (κ2) is 16.8. The van der Waals surface area contributed by atoms with E-state index in [4.69, 9.17) is 9.47 Å². The molecule has 6 aliphatic carbocycles. The Labute approximate surface area is 400 Å². The molecule has 0 spiro atoms. The number of rotatable bonds is 11. The van der Waals surface area contributed by atoms with Crippen molar-refractivity contribution in [2.24, 2.45) is 51.2 Å². The van der Waals surface area contributed by atoms with Gasteiger partial charge in [0, 0.05) is 68.2 Å². The normalized spacial score (nSPS) is 38.0. The third-order valence-electron chi connectivity index (χ3n) is 21.4. The molecule has 67 heavy (non-hydrogen) atoms. The fourth-order valence-electron chi connectivity index (χ4n) is 17.8. The molecule has 7 fully saturated rings. The molecule has 364 valence electrons. The van der Waals surface area contributed by atoms with Crippen molar-refractivity contribution < 1.29 is 29.3 Å². The highest BCUT2D eigenvalue weighted by molar-refractivity contribution is 6.01. The smallest absolute Gasteiger partial charge is 0.160 e. The summed E-state index contributed by atoms with van der Waals surface area (Å²) in [6, 6.07) is 9.75. The number of aliphatic hydroxyl groups is 2. The molecule has 0 radical (unpaired) electrons. The maximum absolute atomic E-state index is 15.0. The zero-order chi connectivity index (χ0) is 46.8. The predicted molar refractivity (Wildman–Crippen MR) is 264 cm³/mol. The lowest BCUT2D eigenvalue weighted by Crippen LogP contribution is -2.68. The number of hydrogen-bond acceptors (Lipinski definition) is 6. The third-order valence-corrected chi connectivity index (χ3v) is 21.4. The topological polar surface area (TPSA) is 117 Å². The van der Waals surface area contributed by atoms with Gasteiger partial charge in [0.15, 0.2) is 5.78 Å². The van der Waals surface area contributed by atoms with Crippen molar-refractivity contribution in [3.8, 4) is 0 Å². The highest BCUT2D eigenvalue weighted by Crippen LogP contribution is 2.76. The van der Waals surface area contributed by atoms with Gasteiger partial charge in [0.2, 0.25) is 0 Å². The quantitative estimate of drug-likeness (QED) is 0.165. The molecule has 0 amide bonds. The predicted octanol–water partition coefficient (Wildman–Crippen LogP) is 11.9. The van der Waals surface area contributed by atoms with Gasteiger partial charge in [-0.25, -0.2) is 0 Å². The van der Waals surface area contributed by atoms with Gasteiger partial charge in [-0.2, -0.15) is 0 Å². The molecule has 8 aliphatic rings. The number of nitrogens with zero attached hydrogens (tertiary/aromatic N) is 1. The third kappa shape index (κ3) is 7.31. The Morgan fingerprint density at radius 3 is 2.22 bits per heavy atom. The second-order valence-electron chi connectivity index (χ2n) is 25.3. The number of fused-ring (bicyclic) bond motifs is 6. The van der Waals surface area contributed by atoms with Crippen LogP contribution in [0.1, 0.15) is 192 Å². The number of ether oxygens (including phenoxy) is 2. The summed E-state index contributed by atoms with van der Waals surface area (Å²) in [5.74, 6) is 1.82. The van der Waals surface area contributed by atoms with E-state index in [0.29, 0.717) is 49.3 Å². The van der Waals surface area contributed by atoms with E-state index < -0.39 is 17.6 Å². The van der Waals surface area contributed by atoms with Gasteiger partial charge in [0.25, 0.3) is 0 Å². The molecule has 11 atom stereocenters. The molecule has 5 saturated carbocycles. The fraction of sp³-hybridized carbons (Fsp3) is 0.729. The number of nitrogens with one attached hydrogen (secondary N) is 1. The first kappa shape index (κ1) is 46.3. The van der Waals surface area contributed by atoms with Crippen LogP contribution < -0.4 is 0 Å². The summed E-state index contributed by atoms with van der Waals surface area (Å²) in [6.45, 7) is 18.0. The first-order valence-corrected chi connectivity index (χ1v) is 27.2. The van der Waals surface area contributed by atoms with Crippen molar-refractivity contribution in [3.05, 3.63) is 70.1 Å². The number of allylic oxidation sites excluding steroid dienone is 1. The monoisotopic (exact) mass is 915 g/mol. The van der Waals surface area contributed by atoms with Gasteiger partial charge in [-0.3, -0.25) is 9.59 Å². The fourth-order valence-corrected chi connectivity index (χ4v) is 17.8. The summed E-state index contributed by atoms with van der Waals surface area (Å²) < 4.78 is 14.2. The maximum Gasteiger partial charge on any atom is 0.160 e. The summed E-state index contributed by atoms with van der Waals surface area (Å²) in [4.78, 5) is 33.1. The van der Waals surface area contributed by atoms with Gasteiger partial charge in [0.05, 0.1) is 28.8 Å². The average Bonchev–Trinajstić information content (AvgIpc) is 3.89. The number of epoxide rings is 1. The molecule has 0 bridgehead atoms. The number of benzene rings is 1. The van der Waals surface area contributed by atoms with E-state index in [1.165, 1.54) is 67.2 Å². The molecule has 2 aliphatic heterocycles. The maximum atomic E-state index is 15.0. The van der Waals surface area contributed by atoms with Gasteiger partial charge in [-0.1, -0.05) is 84.9 Å². The average molecular weight is 915 g/mol. The molecule has 3 N–H and O–H groups in total. The lowest BCUT2D eigenvalue weighted by atomic mass is 9.34. The molecule has 2 saturated heterocycles. The van der Waals surface area contributed by atoms with Gasteiger partial charge in [-0.15, -0.1) is 0 Å². The lowest BCUT2D eigenvalue weighted by Gasteiger charge is -2.70.